The predicted octanol–water partition coefficient (Wildman–Crippen LogP) is 4.05. The largest absolute Gasteiger partial charge is 0.491 e. The van der Waals surface area contributed by atoms with E-state index in [0.717, 1.165) is 12.0 Å². The van der Waals surface area contributed by atoms with Crippen molar-refractivity contribution < 1.29 is 24.2 Å². The fourth-order valence-electron chi connectivity index (χ4n) is 3.91. The van der Waals surface area contributed by atoms with E-state index in [-0.39, 0.29) is 36.3 Å². The van der Waals surface area contributed by atoms with Crippen LogP contribution in [-0.2, 0) is 16.0 Å². The zero-order valence-corrected chi connectivity index (χ0v) is 22.6. The molecule has 37 heavy (non-hydrogen) atoms. The third kappa shape index (κ3) is 9.70. The summed E-state index contributed by atoms with van der Waals surface area (Å²) >= 11 is 6.15. The molecule has 0 radical (unpaired) electrons. The Balaban J connectivity index is 2.28. The quantitative estimate of drug-likeness (QED) is 0.291. The van der Waals surface area contributed by atoms with Crippen LogP contribution < -0.4 is 21.1 Å². The van der Waals surface area contributed by atoms with Crippen LogP contribution in [0.2, 0.25) is 5.02 Å². The lowest BCUT2D eigenvalue weighted by molar-refractivity contribution is -0.143. The molecule has 0 spiro atoms. The van der Waals surface area contributed by atoms with Crippen LogP contribution in [0.5, 0.6) is 5.75 Å². The van der Waals surface area contributed by atoms with Gasteiger partial charge in [0.2, 0.25) is 5.91 Å². The van der Waals surface area contributed by atoms with Crippen molar-refractivity contribution in [1.82, 2.24) is 10.6 Å². The van der Waals surface area contributed by atoms with Crippen LogP contribution in [0.15, 0.2) is 48.5 Å². The smallest absolute Gasteiger partial charge is 0.326 e. The molecule has 0 heterocycles. The zero-order valence-electron chi connectivity index (χ0n) is 21.9. The van der Waals surface area contributed by atoms with E-state index >= 15 is 0 Å². The summed E-state index contributed by atoms with van der Waals surface area (Å²) < 4.78 is 5.86. The highest BCUT2D eigenvalue weighted by atomic mass is 35.5. The summed E-state index contributed by atoms with van der Waals surface area (Å²) in [4.78, 5) is 38.4. The van der Waals surface area contributed by atoms with E-state index in [1.807, 2.05) is 37.3 Å². The molecule has 5 N–H and O–H groups in total. The van der Waals surface area contributed by atoms with E-state index in [1.54, 1.807) is 13.0 Å². The standard InChI is InChI=1S/C28H38ClN3O5/c1-5-18(4)25(28(35)36)32-27(34)23(14-19-9-7-6-8-10-19)31-26(33)22-12-11-20(29)15-24(22)37-16-21(30)13-17(2)3/h6-12,15,17-18,21,23,25H,5,13-14,16,30H2,1-4H3,(H,31,33)(H,32,34)(H,35,36)/t18-,21+,23-,25-/m0/s1. The second kappa shape index (κ2) is 14.6. The van der Waals surface area contributed by atoms with Crippen molar-refractivity contribution in [3.8, 4) is 5.75 Å². The Morgan fingerprint density at radius 3 is 2.32 bits per heavy atom. The van der Waals surface area contributed by atoms with Crippen LogP contribution >= 0.6 is 11.6 Å². The van der Waals surface area contributed by atoms with Crippen molar-refractivity contribution in [2.24, 2.45) is 17.6 Å². The topological polar surface area (TPSA) is 131 Å². The molecule has 0 aliphatic rings. The lowest BCUT2D eigenvalue weighted by atomic mass is 9.98. The van der Waals surface area contributed by atoms with Crippen LogP contribution in [0, 0.1) is 11.8 Å². The van der Waals surface area contributed by atoms with E-state index in [1.165, 1.54) is 12.1 Å². The maximum atomic E-state index is 13.4. The Kier molecular flexibility index (Phi) is 11.9. The molecule has 2 amide bonds. The zero-order chi connectivity index (χ0) is 27.5. The number of rotatable bonds is 14. The highest BCUT2D eigenvalue weighted by Crippen LogP contribution is 2.24. The Morgan fingerprint density at radius 2 is 1.73 bits per heavy atom. The molecular weight excluding hydrogens is 494 g/mol. The number of hydrogen-bond acceptors (Lipinski definition) is 5. The average molecular weight is 532 g/mol. The lowest BCUT2D eigenvalue weighted by Gasteiger charge is -2.25. The number of nitrogens with two attached hydrogens (primary N) is 1. The van der Waals surface area contributed by atoms with Crippen LogP contribution in [0.1, 0.15) is 56.5 Å². The van der Waals surface area contributed by atoms with Gasteiger partial charge in [-0.3, -0.25) is 9.59 Å². The van der Waals surface area contributed by atoms with Crippen molar-refractivity contribution in [3.05, 3.63) is 64.7 Å². The summed E-state index contributed by atoms with van der Waals surface area (Å²) in [5.74, 6) is -1.90. The first-order chi connectivity index (χ1) is 17.5. The van der Waals surface area contributed by atoms with Gasteiger partial charge in [-0.25, -0.2) is 4.79 Å². The Labute approximate surface area is 223 Å². The molecule has 0 bridgehead atoms. The van der Waals surface area contributed by atoms with Gasteiger partial charge in [0.15, 0.2) is 0 Å². The molecule has 0 aliphatic carbocycles. The summed E-state index contributed by atoms with van der Waals surface area (Å²) in [7, 11) is 0. The molecule has 8 nitrogen and oxygen atoms in total. The van der Waals surface area contributed by atoms with Gasteiger partial charge in [-0.1, -0.05) is 76.0 Å². The molecule has 4 atom stereocenters. The number of carbonyl (C=O) groups is 3. The minimum atomic E-state index is -1.13. The highest BCUT2D eigenvalue weighted by molar-refractivity contribution is 6.30. The third-order valence-corrected chi connectivity index (χ3v) is 6.33. The van der Waals surface area contributed by atoms with Crippen molar-refractivity contribution in [2.75, 3.05) is 6.61 Å². The van der Waals surface area contributed by atoms with Gasteiger partial charge in [-0.15, -0.1) is 0 Å². The van der Waals surface area contributed by atoms with E-state index in [0.29, 0.717) is 17.4 Å². The van der Waals surface area contributed by atoms with E-state index in [9.17, 15) is 19.5 Å². The van der Waals surface area contributed by atoms with Crippen LogP contribution in [-0.4, -0.2) is 47.6 Å². The fraction of sp³-hybridized carbons (Fsp3) is 0.464. The molecule has 0 saturated carbocycles. The first kappa shape index (κ1) is 30.1. The molecule has 2 rings (SSSR count). The molecule has 202 valence electrons. The van der Waals surface area contributed by atoms with Crippen LogP contribution in [0.4, 0.5) is 0 Å². The van der Waals surface area contributed by atoms with Crippen molar-refractivity contribution in [1.29, 1.82) is 0 Å². The number of carbonyl (C=O) groups excluding carboxylic acids is 2. The van der Waals surface area contributed by atoms with Gasteiger partial charge in [0.25, 0.3) is 5.91 Å². The van der Waals surface area contributed by atoms with Gasteiger partial charge in [0, 0.05) is 17.5 Å². The minimum absolute atomic E-state index is 0.175. The minimum Gasteiger partial charge on any atom is -0.491 e. The first-order valence-corrected chi connectivity index (χ1v) is 12.9. The molecule has 0 unspecified atom stereocenters. The van der Waals surface area contributed by atoms with E-state index in [2.05, 4.69) is 24.5 Å². The molecular formula is C28H38ClN3O5. The number of halogens is 1. The summed E-state index contributed by atoms with van der Waals surface area (Å²) in [6, 6.07) is 11.5. The number of ether oxygens (including phenoxy) is 1. The number of benzene rings is 2. The number of aliphatic carboxylic acids is 1. The Hall–Kier alpha value is -3.10. The Morgan fingerprint density at radius 1 is 1.05 bits per heavy atom. The van der Waals surface area contributed by atoms with Gasteiger partial charge < -0.3 is 26.2 Å². The molecule has 0 saturated heterocycles. The van der Waals surface area contributed by atoms with Crippen LogP contribution in [0.25, 0.3) is 0 Å². The third-order valence-electron chi connectivity index (χ3n) is 6.10. The Bertz CT molecular complexity index is 1050. The first-order valence-electron chi connectivity index (χ1n) is 12.6. The predicted molar refractivity (Wildman–Crippen MR) is 145 cm³/mol. The summed E-state index contributed by atoms with van der Waals surface area (Å²) in [5, 5.41) is 15.4. The highest BCUT2D eigenvalue weighted by Gasteiger charge is 2.30. The lowest BCUT2D eigenvalue weighted by Crippen LogP contribution is -2.54. The van der Waals surface area contributed by atoms with Gasteiger partial charge in [-0.2, -0.15) is 0 Å². The molecule has 2 aromatic carbocycles. The number of nitrogens with one attached hydrogen (secondary N) is 2. The molecule has 2 aromatic rings. The van der Waals surface area contributed by atoms with Gasteiger partial charge >= 0.3 is 5.97 Å². The number of amides is 2. The van der Waals surface area contributed by atoms with Gasteiger partial charge in [-0.05, 0) is 42.0 Å². The van der Waals surface area contributed by atoms with Crippen molar-refractivity contribution in [3.63, 3.8) is 0 Å². The van der Waals surface area contributed by atoms with E-state index < -0.39 is 29.9 Å². The summed E-state index contributed by atoms with van der Waals surface area (Å²) in [6.07, 6.45) is 1.49. The molecule has 9 heteroatoms. The second-order valence-electron chi connectivity index (χ2n) is 9.77. The van der Waals surface area contributed by atoms with Gasteiger partial charge in [0.05, 0.1) is 5.56 Å². The van der Waals surface area contributed by atoms with Crippen LogP contribution in [0.3, 0.4) is 0 Å². The monoisotopic (exact) mass is 531 g/mol. The maximum Gasteiger partial charge on any atom is 0.326 e. The molecule has 0 aliphatic heterocycles. The average Bonchev–Trinajstić information content (AvgIpc) is 2.85. The molecule has 0 aromatic heterocycles. The van der Waals surface area contributed by atoms with Crippen molar-refractivity contribution >= 4 is 29.4 Å². The second-order valence-corrected chi connectivity index (χ2v) is 10.2. The number of hydrogen-bond donors (Lipinski definition) is 4. The maximum absolute atomic E-state index is 13.4. The summed E-state index contributed by atoms with van der Waals surface area (Å²) in [6.45, 7) is 7.93. The number of carboxylic acids is 1. The molecule has 0 fully saturated rings. The van der Waals surface area contributed by atoms with Gasteiger partial charge in [0.1, 0.15) is 24.4 Å². The summed E-state index contributed by atoms with van der Waals surface area (Å²) in [5.41, 5.74) is 7.15. The SMILES string of the molecule is CC[C@H](C)[C@H](NC(=O)[C@H](Cc1ccccc1)NC(=O)c1ccc(Cl)cc1OC[C@H](N)CC(C)C)C(=O)O. The normalized spacial score (nSPS) is 14.4. The fourth-order valence-corrected chi connectivity index (χ4v) is 4.07. The number of carboxylic acid groups (broad SMARTS) is 1. The van der Waals surface area contributed by atoms with Crippen molar-refractivity contribution in [2.45, 2.75) is 65.1 Å². The van der Waals surface area contributed by atoms with E-state index in [4.69, 9.17) is 22.1 Å².